The first-order chi connectivity index (χ1) is 9.58. The van der Waals surface area contributed by atoms with Gasteiger partial charge in [0.05, 0.1) is 0 Å². The Morgan fingerprint density at radius 3 is 2.75 bits per heavy atom. The van der Waals surface area contributed by atoms with Crippen LogP contribution in [0.25, 0.3) is 0 Å². The van der Waals surface area contributed by atoms with Crippen LogP contribution in [-0.2, 0) is 6.54 Å². The second-order valence-electron chi connectivity index (χ2n) is 6.54. The van der Waals surface area contributed by atoms with E-state index >= 15 is 0 Å². The van der Waals surface area contributed by atoms with Crippen molar-refractivity contribution in [1.29, 1.82) is 0 Å². The van der Waals surface area contributed by atoms with Crippen molar-refractivity contribution in [3.63, 3.8) is 0 Å². The van der Waals surface area contributed by atoms with Crippen LogP contribution >= 0.6 is 0 Å². The molecule has 2 nitrogen and oxygen atoms in total. The highest BCUT2D eigenvalue weighted by Gasteiger charge is 2.17. The molecule has 0 aromatic heterocycles. The van der Waals surface area contributed by atoms with Gasteiger partial charge in [-0.15, -0.1) is 0 Å². The standard InChI is InChI=1S/C18H30N2/c1-14(2)19-13-17-9-10-18(12-15(17)3)20-11-7-5-6-8-16(20)4/h9-10,12,14,16,19H,5-8,11,13H2,1-4H3. The van der Waals surface area contributed by atoms with E-state index in [9.17, 15) is 0 Å². The predicted octanol–water partition coefficient (Wildman–Crippen LogP) is 4.26. The minimum absolute atomic E-state index is 0.541. The number of nitrogens with zero attached hydrogens (tertiary/aromatic N) is 1. The second kappa shape index (κ2) is 7.12. The summed E-state index contributed by atoms with van der Waals surface area (Å²) in [5.74, 6) is 0. The van der Waals surface area contributed by atoms with E-state index in [4.69, 9.17) is 0 Å². The first-order valence-corrected chi connectivity index (χ1v) is 8.17. The number of aryl methyl sites for hydroxylation is 1. The molecule has 0 radical (unpaired) electrons. The third kappa shape index (κ3) is 3.99. The van der Waals surface area contributed by atoms with E-state index in [0.717, 1.165) is 6.54 Å². The van der Waals surface area contributed by atoms with Crippen LogP contribution < -0.4 is 10.2 Å². The van der Waals surface area contributed by atoms with Gasteiger partial charge in [-0.25, -0.2) is 0 Å². The smallest absolute Gasteiger partial charge is 0.0371 e. The largest absolute Gasteiger partial charge is 0.369 e. The molecule has 112 valence electrons. The van der Waals surface area contributed by atoms with E-state index in [1.807, 2.05) is 0 Å². The van der Waals surface area contributed by atoms with Gasteiger partial charge in [-0.3, -0.25) is 0 Å². The van der Waals surface area contributed by atoms with Crippen molar-refractivity contribution in [3.8, 4) is 0 Å². The summed E-state index contributed by atoms with van der Waals surface area (Å²) in [6, 6.07) is 8.21. The number of hydrogen-bond acceptors (Lipinski definition) is 2. The summed E-state index contributed by atoms with van der Waals surface area (Å²) in [5, 5.41) is 3.51. The lowest BCUT2D eigenvalue weighted by atomic mass is 10.1. The molecule has 1 aromatic carbocycles. The Kier molecular flexibility index (Phi) is 5.47. The van der Waals surface area contributed by atoms with Crippen LogP contribution in [0, 0.1) is 6.92 Å². The van der Waals surface area contributed by atoms with Crippen molar-refractivity contribution in [2.45, 2.75) is 72.0 Å². The van der Waals surface area contributed by atoms with Gasteiger partial charge in [0.25, 0.3) is 0 Å². The molecule has 20 heavy (non-hydrogen) atoms. The maximum absolute atomic E-state index is 3.51. The summed E-state index contributed by atoms with van der Waals surface area (Å²) in [6.07, 6.45) is 5.43. The fourth-order valence-corrected chi connectivity index (χ4v) is 3.03. The number of benzene rings is 1. The van der Waals surface area contributed by atoms with E-state index in [2.05, 4.69) is 56.1 Å². The number of rotatable bonds is 4. The minimum Gasteiger partial charge on any atom is -0.369 e. The fraction of sp³-hybridized carbons (Fsp3) is 0.667. The Morgan fingerprint density at radius 2 is 2.05 bits per heavy atom. The number of anilines is 1. The summed E-state index contributed by atoms with van der Waals surface area (Å²) in [7, 11) is 0. The molecular weight excluding hydrogens is 244 g/mol. The molecule has 1 heterocycles. The third-order valence-electron chi connectivity index (χ3n) is 4.41. The maximum Gasteiger partial charge on any atom is 0.0371 e. The van der Waals surface area contributed by atoms with Crippen LogP contribution in [0.5, 0.6) is 0 Å². The fourth-order valence-electron chi connectivity index (χ4n) is 3.03. The monoisotopic (exact) mass is 274 g/mol. The second-order valence-corrected chi connectivity index (χ2v) is 6.54. The average Bonchev–Trinajstić information content (AvgIpc) is 2.62. The average molecular weight is 274 g/mol. The molecule has 1 unspecified atom stereocenters. The van der Waals surface area contributed by atoms with Gasteiger partial charge >= 0.3 is 0 Å². The number of hydrogen-bond donors (Lipinski definition) is 1. The summed E-state index contributed by atoms with van der Waals surface area (Å²) < 4.78 is 0. The minimum atomic E-state index is 0.541. The zero-order valence-corrected chi connectivity index (χ0v) is 13.6. The molecule has 1 aliphatic rings. The van der Waals surface area contributed by atoms with E-state index in [-0.39, 0.29) is 0 Å². The topological polar surface area (TPSA) is 15.3 Å². The van der Waals surface area contributed by atoms with Gasteiger partial charge in [-0.2, -0.15) is 0 Å². The van der Waals surface area contributed by atoms with Crippen LogP contribution in [0.2, 0.25) is 0 Å². The molecule has 1 N–H and O–H groups in total. The summed E-state index contributed by atoms with van der Waals surface area (Å²) in [5.41, 5.74) is 4.24. The highest BCUT2D eigenvalue weighted by Crippen LogP contribution is 2.26. The summed E-state index contributed by atoms with van der Waals surface area (Å²) in [4.78, 5) is 2.60. The normalized spacial score (nSPS) is 20.2. The molecule has 2 heteroatoms. The lowest BCUT2D eigenvalue weighted by Gasteiger charge is -2.30. The lowest BCUT2D eigenvalue weighted by Crippen LogP contribution is -2.32. The molecule has 0 bridgehead atoms. The molecule has 0 saturated carbocycles. The van der Waals surface area contributed by atoms with E-state index in [1.165, 1.54) is 49.0 Å². The molecule has 0 aliphatic carbocycles. The van der Waals surface area contributed by atoms with Crippen molar-refractivity contribution < 1.29 is 0 Å². The molecule has 1 aromatic rings. The van der Waals surface area contributed by atoms with Gasteiger partial charge in [0, 0.05) is 30.9 Å². The van der Waals surface area contributed by atoms with Crippen LogP contribution in [0.1, 0.15) is 57.6 Å². The van der Waals surface area contributed by atoms with Gasteiger partial charge in [0.1, 0.15) is 0 Å². The Balaban J connectivity index is 2.10. The summed E-state index contributed by atoms with van der Waals surface area (Å²) >= 11 is 0. The summed E-state index contributed by atoms with van der Waals surface area (Å²) in [6.45, 7) is 11.2. The van der Waals surface area contributed by atoms with Gasteiger partial charge in [0.15, 0.2) is 0 Å². The van der Waals surface area contributed by atoms with E-state index in [1.54, 1.807) is 0 Å². The Bertz CT molecular complexity index is 425. The molecule has 1 atom stereocenters. The molecular formula is C18H30N2. The molecule has 1 fully saturated rings. The van der Waals surface area contributed by atoms with Crippen molar-refractivity contribution >= 4 is 5.69 Å². The first kappa shape index (κ1) is 15.4. The van der Waals surface area contributed by atoms with Crippen LogP contribution in [0.15, 0.2) is 18.2 Å². The van der Waals surface area contributed by atoms with Crippen molar-refractivity contribution in [3.05, 3.63) is 29.3 Å². The van der Waals surface area contributed by atoms with E-state index < -0.39 is 0 Å². The lowest BCUT2D eigenvalue weighted by molar-refractivity contribution is 0.587. The maximum atomic E-state index is 3.51. The molecule has 1 aliphatic heterocycles. The van der Waals surface area contributed by atoms with Gasteiger partial charge in [-0.05, 0) is 49.9 Å². The molecule has 0 spiro atoms. The molecule has 0 amide bonds. The molecule has 1 saturated heterocycles. The van der Waals surface area contributed by atoms with Gasteiger partial charge in [-0.1, -0.05) is 32.8 Å². The zero-order valence-electron chi connectivity index (χ0n) is 13.6. The van der Waals surface area contributed by atoms with Crippen molar-refractivity contribution in [2.24, 2.45) is 0 Å². The Morgan fingerprint density at radius 1 is 1.25 bits per heavy atom. The van der Waals surface area contributed by atoms with Gasteiger partial charge < -0.3 is 10.2 Å². The van der Waals surface area contributed by atoms with Crippen molar-refractivity contribution in [1.82, 2.24) is 5.32 Å². The Labute approximate surface area is 124 Å². The van der Waals surface area contributed by atoms with Crippen LogP contribution in [-0.4, -0.2) is 18.6 Å². The Hall–Kier alpha value is -1.02. The third-order valence-corrected chi connectivity index (χ3v) is 4.41. The predicted molar refractivity (Wildman–Crippen MR) is 88.4 cm³/mol. The number of nitrogens with one attached hydrogen (secondary N) is 1. The highest BCUT2D eigenvalue weighted by atomic mass is 15.2. The molecule has 2 rings (SSSR count). The van der Waals surface area contributed by atoms with Crippen LogP contribution in [0.3, 0.4) is 0 Å². The van der Waals surface area contributed by atoms with E-state index in [0.29, 0.717) is 12.1 Å². The first-order valence-electron chi connectivity index (χ1n) is 8.17. The SMILES string of the molecule is Cc1cc(N2CCCCCC2C)ccc1CNC(C)C. The van der Waals surface area contributed by atoms with Gasteiger partial charge in [0.2, 0.25) is 0 Å². The van der Waals surface area contributed by atoms with Crippen LogP contribution in [0.4, 0.5) is 5.69 Å². The van der Waals surface area contributed by atoms with Crippen molar-refractivity contribution in [2.75, 3.05) is 11.4 Å². The zero-order chi connectivity index (χ0) is 14.5. The quantitative estimate of drug-likeness (QED) is 0.882. The highest BCUT2D eigenvalue weighted by molar-refractivity contribution is 5.51.